The molecule has 1 aliphatic heterocycles. The second-order valence-electron chi connectivity index (χ2n) is 6.47. The zero-order valence-electron chi connectivity index (χ0n) is 16.5. The molecule has 0 spiro atoms. The van der Waals surface area contributed by atoms with Crippen molar-refractivity contribution in [2.75, 3.05) is 48.9 Å². The molecule has 1 aromatic heterocycles. The smallest absolute Gasteiger partial charge is 0.274 e. The Morgan fingerprint density at radius 1 is 1.33 bits per heavy atom. The van der Waals surface area contributed by atoms with E-state index in [1.165, 1.54) is 12.1 Å². The molecule has 156 valence electrons. The van der Waals surface area contributed by atoms with Crippen molar-refractivity contribution in [2.45, 2.75) is 6.92 Å². The Morgan fingerprint density at radius 3 is 2.70 bits per heavy atom. The van der Waals surface area contributed by atoms with Gasteiger partial charge in [0.2, 0.25) is 11.8 Å². The fraction of sp³-hybridized carbons (Fsp3) is 0.300. The Morgan fingerprint density at radius 2 is 2.07 bits per heavy atom. The Kier molecular flexibility index (Phi) is 6.34. The molecule has 1 saturated heterocycles. The largest absolute Gasteiger partial charge is 0.477 e. The number of nitrogens with zero attached hydrogens (tertiary/aromatic N) is 3. The van der Waals surface area contributed by atoms with E-state index in [9.17, 15) is 14.9 Å². The Bertz CT molecular complexity index is 1010. The lowest BCUT2D eigenvalue weighted by Gasteiger charge is -2.30. The molecule has 2 aromatic rings. The lowest BCUT2D eigenvalue weighted by molar-refractivity contribution is 0.0995. The van der Waals surface area contributed by atoms with E-state index in [2.05, 4.69) is 10.3 Å². The van der Waals surface area contributed by atoms with Crippen molar-refractivity contribution >= 4 is 28.9 Å². The number of hydrogen-bond donors (Lipinski definition) is 3. The average molecular weight is 410 g/mol. The molecule has 10 heteroatoms. The third-order valence-electron chi connectivity index (χ3n) is 4.52. The molecule has 30 heavy (non-hydrogen) atoms. The van der Waals surface area contributed by atoms with Crippen molar-refractivity contribution < 1.29 is 19.1 Å². The fourth-order valence-corrected chi connectivity index (χ4v) is 3.07. The van der Waals surface area contributed by atoms with Crippen LogP contribution in [0.3, 0.4) is 0 Å². The number of amides is 2. The summed E-state index contributed by atoms with van der Waals surface area (Å²) in [5, 5.41) is 12.0. The SMILES string of the molecule is CCOc1nc(C(=O)Nc2cc(C(N)=O)ccc2N2CCOCC2)cc(N)c1C#N. The van der Waals surface area contributed by atoms with Gasteiger partial charge in [-0.05, 0) is 31.2 Å². The van der Waals surface area contributed by atoms with E-state index >= 15 is 0 Å². The lowest BCUT2D eigenvalue weighted by atomic mass is 10.1. The third kappa shape index (κ3) is 4.42. The lowest BCUT2D eigenvalue weighted by Crippen LogP contribution is -2.37. The molecule has 1 aromatic carbocycles. The number of hydrogen-bond acceptors (Lipinski definition) is 8. The standard InChI is InChI=1S/C20H22N6O4/c1-2-30-20-13(11-21)14(22)10-16(25-20)19(28)24-15-9-12(18(23)27)3-4-17(15)26-5-7-29-8-6-26/h3-4,9-10H,2,5-8H2,1H3,(H2,22,25)(H2,23,27)(H,24,28). The number of morpholine rings is 1. The quantitative estimate of drug-likeness (QED) is 0.639. The van der Waals surface area contributed by atoms with Crippen molar-refractivity contribution in [3.63, 3.8) is 0 Å². The molecule has 0 atom stereocenters. The topological polar surface area (TPSA) is 157 Å². The summed E-state index contributed by atoms with van der Waals surface area (Å²) in [7, 11) is 0. The van der Waals surface area contributed by atoms with Crippen LogP contribution in [-0.2, 0) is 4.74 Å². The third-order valence-corrected chi connectivity index (χ3v) is 4.52. The number of rotatable bonds is 6. The fourth-order valence-electron chi connectivity index (χ4n) is 3.07. The summed E-state index contributed by atoms with van der Waals surface area (Å²) in [6.07, 6.45) is 0. The summed E-state index contributed by atoms with van der Waals surface area (Å²) in [6, 6.07) is 8.08. The van der Waals surface area contributed by atoms with Gasteiger partial charge in [0.15, 0.2) is 0 Å². The number of carbonyl (C=O) groups excluding carboxylic acids is 2. The van der Waals surface area contributed by atoms with Gasteiger partial charge in [0.25, 0.3) is 5.91 Å². The first-order chi connectivity index (χ1) is 14.4. The summed E-state index contributed by atoms with van der Waals surface area (Å²) in [5.74, 6) is -1.19. The number of nitrogens with one attached hydrogen (secondary N) is 1. The van der Waals surface area contributed by atoms with Crippen LogP contribution >= 0.6 is 0 Å². The maximum atomic E-state index is 12.9. The average Bonchev–Trinajstić information content (AvgIpc) is 2.74. The van der Waals surface area contributed by atoms with Gasteiger partial charge in [-0.25, -0.2) is 4.98 Å². The zero-order valence-corrected chi connectivity index (χ0v) is 16.5. The van der Waals surface area contributed by atoms with Gasteiger partial charge in [-0.1, -0.05) is 0 Å². The number of primary amides is 1. The van der Waals surface area contributed by atoms with Crippen LogP contribution in [0.15, 0.2) is 24.3 Å². The highest BCUT2D eigenvalue weighted by Crippen LogP contribution is 2.29. The van der Waals surface area contributed by atoms with Gasteiger partial charge in [-0.3, -0.25) is 9.59 Å². The van der Waals surface area contributed by atoms with Gasteiger partial charge in [0.05, 0.1) is 36.9 Å². The Labute approximate surface area is 173 Å². The highest BCUT2D eigenvalue weighted by Gasteiger charge is 2.21. The number of pyridine rings is 1. The number of carbonyl (C=O) groups is 2. The first-order valence-corrected chi connectivity index (χ1v) is 9.36. The molecule has 5 N–H and O–H groups in total. The molecule has 0 radical (unpaired) electrons. The molecular weight excluding hydrogens is 388 g/mol. The van der Waals surface area contributed by atoms with Crippen LogP contribution in [0.4, 0.5) is 17.1 Å². The summed E-state index contributed by atoms with van der Waals surface area (Å²) >= 11 is 0. The second-order valence-corrected chi connectivity index (χ2v) is 6.47. The molecular formula is C20H22N6O4. The zero-order chi connectivity index (χ0) is 21.7. The summed E-state index contributed by atoms with van der Waals surface area (Å²) < 4.78 is 10.7. The Balaban J connectivity index is 1.96. The number of nitriles is 1. The monoisotopic (exact) mass is 410 g/mol. The molecule has 2 amide bonds. The molecule has 0 aliphatic carbocycles. The van der Waals surface area contributed by atoms with Gasteiger partial charge in [0.1, 0.15) is 17.3 Å². The van der Waals surface area contributed by atoms with E-state index in [4.69, 9.17) is 20.9 Å². The summed E-state index contributed by atoms with van der Waals surface area (Å²) in [6.45, 7) is 4.36. The van der Waals surface area contributed by atoms with Crippen molar-refractivity contribution in [3.8, 4) is 11.9 Å². The summed E-state index contributed by atoms with van der Waals surface area (Å²) in [5.41, 5.74) is 12.8. The first-order valence-electron chi connectivity index (χ1n) is 9.36. The highest BCUT2D eigenvalue weighted by atomic mass is 16.5. The van der Waals surface area contributed by atoms with Crippen molar-refractivity contribution in [2.24, 2.45) is 5.73 Å². The van der Waals surface area contributed by atoms with E-state index < -0.39 is 11.8 Å². The second kappa shape index (κ2) is 9.11. The number of nitrogen functional groups attached to an aromatic ring is 1. The maximum Gasteiger partial charge on any atom is 0.274 e. The highest BCUT2D eigenvalue weighted by molar-refractivity contribution is 6.06. The molecule has 0 unspecified atom stereocenters. The predicted octanol–water partition coefficient (Wildman–Crippen LogP) is 1.12. The molecule has 10 nitrogen and oxygen atoms in total. The maximum absolute atomic E-state index is 12.9. The molecule has 0 bridgehead atoms. The van der Waals surface area contributed by atoms with E-state index in [0.29, 0.717) is 32.0 Å². The van der Waals surface area contributed by atoms with Gasteiger partial charge in [-0.15, -0.1) is 0 Å². The van der Waals surface area contributed by atoms with Crippen LogP contribution in [0.1, 0.15) is 33.3 Å². The number of nitrogens with two attached hydrogens (primary N) is 2. The van der Waals surface area contributed by atoms with Gasteiger partial charge in [0, 0.05) is 18.7 Å². The Hall–Kier alpha value is -3.84. The molecule has 2 heterocycles. The van der Waals surface area contributed by atoms with Gasteiger partial charge < -0.3 is 31.2 Å². The van der Waals surface area contributed by atoms with Crippen molar-refractivity contribution in [3.05, 3.63) is 41.1 Å². The summed E-state index contributed by atoms with van der Waals surface area (Å²) in [4.78, 5) is 30.7. The van der Waals surface area contributed by atoms with Crippen molar-refractivity contribution in [1.82, 2.24) is 4.98 Å². The molecule has 1 fully saturated rings. The van der Waals surface area contributed by atoms with Crippen LogP contribution in [0.5, 0.6) is 5.88 Å². The first kappa shape index (κ1) is 20.9. The number of ether oxygens (including phenoxy) is 2. The van der Waals surface area contributed by atoms with E-state index in [1.807, 2.05) is 11.0 Å². The predicted molar refractivity (Wildman–Crippen MR) is 110 cm³/mol. The normalized spacial score (nSPS) is 13.4. The van der Waals surface area contributed by atoms with Crippen LogP contribution in [0.2, 0.25) is 0 Å². The molecule has 0 saturated carbocycles. The van der Waals surface area contributed by atoms with E-state index in [0.717, 1.165) is 5.69 Å². The van der Waals surface area contributed by atoms with Crippen LogP contribution in [0, 0.1) is 11.3 Å². The minimum Gasteiger partial charge on any atom is -0.477 e. The van der Waals surface area contributed by atoms with Crippen LogP contribution < -0.4 is 26.4 Å². The number of anilines is 3. The number of benzene rings is 1. The van der Waals surface area contributed by atoms with Crippen LogP contribution in [0.25, 0.3) is 0 Å². The molecule has 1 aliphatic rings. The minimum absolute atomic E-state index is 0.00978. The van der Waals surface area contributed by atoms with Crippen molar-refractivity contribution in [1.29, 1.82) is 5.26 Å². The van der Waals surface area contributed by atoms with E-state index in [-0.39, 0.29) is 35.0 Å². The van der Waals surface area contributed by atoms with Crippen LogP contribution in [-0.4, -0.2) is 49.7 Å². The molecule has 3 rings (SSSR count). The number of aromatic nitrogens is 1. The minimum atomic E-state index is -0.613. The van der Waals surface area contributed by atoms with E-state index in [1.54, 1.807) is 19.1 Å². The van der Waals surface area contributed by atoms with Gasteiger partial charge >= 0.3 is 0 Å². The van der Waals surface area contributed by atoms with Gasteiger partial charge in [-0.2, -0.15) is 5.26 Å².